The van der Waals surface area contributed by atoms with Crippen LogP contribution in [-0.2, 0) is 38.7 Å². The molecule has 0 aliphatic heterocycles. The first-order chi connectivity index (χ1) is 18.5. The molecule has 1 atom stereocenters. The Balaban J connectivity index is 1.40. The topological polar surface area (TPSA) is 44.8 Å². The molecule has 3 aromatic carbocycles. The minimum absolute atomic E-state index is 0.358. The first-order valence-corrected chi connectivity index (χ1v) is 14.6. The molecular formula is C33H42O4S. The van der Waals surface area contributed by atoms with Gasteiger partial charge >= 0.3 is 5.97 Å². The van der Waals surface area contributed by atoms with Crippen molar-refractivity contribution < 1.29 is 18.5 Å². The molecule has 0 unspecified atom stereocenters. The van der Waals surface area contributed by atoms with Gasteiger partial charge in [0, 0.05) is 13.5 Å². The summed E-state index contributed by atoms with van der Waals surface area (Å²) in [6, 6.07) is 26.9. The number of carbonyl (C=O) groups excluding carboxylic acids is 1. The highest BCUT2D eigenvalue weighted by Crippen LogP contribution is 2.26. The van der Waals surface area contributed by atoms with Crippen molar-refractivity contribution in [3.05, 3.63) is 101 Å². The average molecular weight is 535 g/mol. The number of hydrogen-bond acceptors (Lipinski definition) is 5. The number of aryl methyl sites for hydroxylation is 2. The molecule has 3 rings (SSSR count). The molecule has 204 valence electrons. The molecule has 0 heterocycles. The molecule has 0 aliphatic carbocycles. The van der Waals surface area contributed by atoms with E-state index in [0.717, 1.165) is 41.8 Å². The first kappa shape index (κ1) is 29.8. The monoisotopic (exact) mass is 534 g/mol. The molecule has 0 spiro atoms. The van der Waals surface area contributed by atoms with Crippen LogP contribution in [0.4, 0.5) is 0 Å². The summed E-state index contributed by atoms with van der Waals surface area (Å²) in [4.78, 5) is 13.0. The molecule has 0 aromatic heterocycles. The van der Waals surface area contributed by atoms with E-state index in [0.29, 0.717) is 12.2 Å². The molecule has 0 bridgehead atoms. The summed E-state index contributed by atoms with van der Waals surface area (Å²) in [5, 5.41) is 0. The van der Waals surface area contributed by atoms with E-state index in [-0.39, 0.29) is 5.97 Å². The van der Waals surface area contributed by atoms with Crippen molar-refractivity contribution in [2.45, 2.75) is 76.1 Å². The van der Waals surface area contributed by atoms with Crippen molar-refractivity contribution in [1.82, 2.24) is 0 Å². The van der Waals surface area contributed by atoms with Gasteiger partial charge in [-0.15, -0.1) is 0 Å². The van der Waals surface area contributed by atoms with E-state index >= 15 is 0 Å². The number of unbranched alkanes of at least 4 members (excludes halogenated alkanes) is 5. The number of rotatable bonds is 17. The Morgan fingerprint density at radius 2 is 1.32 bits per heavy atom. The summed E-state index contributed by atoms with van der Waals surface area (Å²) in [7, 11) is 3.22. The van der Waals surface area contributed by atoms with Crippen LogP contribution >= 0.6 is 12.0 Å². The lowest BCUT2D eigenvalue weighted by Crippen LogP contribution is -2.40. The molecule has 0 radical (unpaired) electrons. The highest BCUT2D eigenvalue weighted by Gasteiger charge is 2.36. The van der Waals surface area contributed by atoms with Gasteiger partial charge in [-0.05, 0) is 67.0 Å². The van der Waals surface area contributed by atoms with Gasteiger partial charge in [0.25, 0.3) is 0 Å². The van der Waals surface area contributed by atoms with Crippen LogP contribution in [0.5, 0.6) is 5.75 Å². The minimum atomic E-state index is -1.04. The molecule has 0 saturated heterocycles. The van der Waals surface area contributed by atoms with Crippen LogP contribution in [-0.4, -0.2) is 25.8 Å². The van der Waals surface area contributed by atoms with Crippen LogP contribution in [0.15, 0.2) is 78.9 Å². The number of benzene rings is 3. The van der Waals surface area contributed by atoms with Gasteiger partial charge in [0.1, 0.15) is 5.75 Å². The Bertz CT molecular complexity index is 1080. The van der Waals surface area contributed by atoms with E-state index in [1.807, 2.05) is 37.3 Å². The summed E-state index contributed by atoms with van der Waals surface area (Å²) in [5.41, 5.74) is 3.90. The molecule has 0 N–H and O–H groups in total. The van der Waals surface area contributed by atoms with Crippen molar-refractivity contribution in [3.63, 3.8) is 0 Å². The predicted octanol–water partition coefficient (Wildman–Crippen LogP) is 8.16. The molecule has 0 fully saturated rings. The number of hydrogen-bond donors (Lipinski definition) is 0. The molecule has 4 nitrogen and oxygen atoms in total. The second-order valence-electron chi connectivity index (χ2n) is 9.97. The number of methoxy groups -OCH3 is 2. The van der Waals surface area contributed by atoms with E-state index in [9.17, 15) is 4.79 Å². The van der Waals surface area contributed by atoms with Crippen molar-refractivity contribution >= 4 is 18.0 Å². The van der Waals surface area contributed by atoms with Crippen LogP contribution in [0.2, 0.25) is 0 Å². The van der Waals surface area contributed by atoms with Gasteiger partial charge in [0.05, 0.1) is 24.9 Å². The molecule has 0 amide bonds. The van der Waals surface area contributed by atoms with Crippen molar-refractivity contribution in [3.8, 4) is 5.75 Å². The zero-order valence-electron chi connectivity index (χ0n) is 23.1. The Labute approximate surface area is 233 Å². The van der Waals surface area contributed by atoms with Gasteiger partial charge in [-0.1, -0.05) is 92.4 Å². The number of ether oxygens (including phenoxy) is 2. The van der Waals surface area contributed by atoms with Crippen molar-refractivity contribution in [2.75, 3.05) is 14.2 Å². The zero-order valence-corrected chi connectivity index (χ0v) is 23.9. The Hall–Kier alpha value is -2.76. The lowest BCUT2D eigenvalue weighted by atomic mass is 9.91. The fraction of sp³-hybridized carbons (Fsp3) is 0.424. The van der Waals surface area contributed by atoms with Gasteiger partial charge in [0.15, 0.2) is 5.60 Å². The molecular weight excluding hydrogens is 492 g/mol. The highest BCUT2D eigenvalue weighted by atomic mass is 32.2. The Morgan fingerprint density at radius 1 is 0.711 bits per heavy atom. The first-order valence-electron chi connectivity index (χ1n) is 13.7. The van der Waals surface area contributed by atoms with Crippen LogP contribution in [0.3, 0.4) is 0 Å². The van der Waals surface area contributed by atoms with Gasteiger partial charge < -0.3 is 13.7 Å². The van der Waals surface area contributed by atoms with Crippen LogP contribution in [0.25, 0.3) is 0 Å². The van der Waals surface area contributed by atoms with E-state index in [4.69, 9.17) is 13.7 Å². The van der Waals surface area contributed by atoms with Gasteiger partial charge in [0.2, 0.25) is 0 Å². The van der Waals surface area contributed by atoms with Crippen molar-refractivity contribution in [2.24, 2.45) is 0 Å². The molecule has 38 heavy (non-hydrogen) atoms. The third-order valence-electron chi connectivity index (χ3n) is 7.05. The van der Waals surface area contributed by atoms with E-state index in [1.54, 1.807) is 14.2 Å². The van der Waals surface area contributed by atoms with Gasteiger partial charge in [-0.25, -0.2) is 4.79 Å². The predicted molar refractivity (Wildman–Crippen MR) is 157 cm³/mol. The normalized spacial score (nSPS) is 12.6. The second-order valence-corrected chi connectivity index (χ2v) is 10.7. The lowest BCUT2D eigenvalue weighted by molar-refractivity contribution is -0.155. The fourth-order valence-electron chi connectivity index (χ4n) is 4.52. The van der Waals surface area contributed by atoms with Gasteiger partial charge in [-0.2, -0.15) is 0 Å². The molecule has 0 saturated carbocycles. The van der Waals surface area contributed by atoms with Crippen molar-refractivity contribution in [1.29, 1.82) is 0 Å². The molecule has 5 heteroatoms. The minimum Gasteiger partial charge on any atom is -0.497 e. The smallest absolute Gasteiger partial charge is 0.350 e. The molecule has 3 aromatic rings. The number of carbonyl (C=O) groups is 1. The SMILES string of the molecule is COc1ccc(CSOC(=O)[C@](C)(Cc2ccccc2CCCCCCCCc2ccccc2)OC)cc1. The largest absolute Gasteiger partial charge is 0.497 e. The Kier molecular flexibility index (Phi) is 12.7. The molecule has 0 aliphatic rings. The quantitative estimate of drug-likeness (QED) is 0.129. The zero-order chi connectivity index (χ0) is 27.1. The summed E-state index contributed by atoms with van der Waals surface area (Å²) in [6.07, 6.45) is 10.2. The summed E-state index contributed by atoms with van der Waals surface area (Å²) in [5.74, 6) is 1.02. The highest BCUT2D eigenvalue weighted by molar-refractivity contribution is 7.94. The maximum absolute atomic E-state index is 13.0. The lowest BCUT2D eigenvalue weighted by Gasteiger charge is -2.26. The van der Waals surface area contributed by atoms with Gasteiger partial charge in [-0.3, -0.25) is 0 Å². The maximum atomic E-state index is 13.0. The third kappa shape index (κ3) is 9.85. The average Bonchev–Trinajstić information content (AvgIpc) is 2.96. The van der Waals surface area contributed by atoms with E-state index in [1.165, 1.54) is 49.7 Å². The standard InChI is InChI=1S/C33H42O4S/c1-33(36-3,32(34)37-38-26-28-21-23-31(35-2)24-22-28)25-30-20-14-13-19-29(30)18-12-7-5-4-6-9-15-27-16-10-8-11-17-27/h8,10-11,13-14,16-17,19-24H,4-7,9,12,15,18,25-26H2,1-3H3/t33-/m0/s1. The maximum Gasteiger partial charge on any atom is 0.350 e. The van der Waals surface area contributed by atoms with E-state index < -0.39 is 5.60 Å². The van der Waals surface area contributed by atoms with Crippen LogP contribution < -0.4 is 4.74 Å². The second kappa shape index (κ2) is 16.3. The summed E-state index contributed by atoms with van der Waals surface area (Å²) >= 11 is 1.14. The van der Waals surface area contributed by atoms with E-state index in [2.05, 4.69) is 48.5 Å². The Morgan fingerprint density at radius 3 is 1.97 bits per heavy atom. The van der Waals surface area contributed by atoms with Crippen LogP contribution in [0.1, 0.15) is 67.7 Å². The summed E-state index contributed by atoms with van der Waals surface area (Å²) < 4.78 is 16.5. The van der Waals surface area contributed by atoms with Crippen LogP contribution in [0, 0.1) is 0 Å². The summed E-state index contributed by atoms with van der Waals surface area (Å²) in [6.45, 7) is 1.81. The fourth-order valence-corrected chi connectivity index (χ4v) is 5.19. The third-order valence-corrected chi connectivity index (χ3v) is 7.77.